The molecule has 1 heterocycles. The average molecular weight is 252 g/mol. The van der Waals surface area contributed by atoms with Crippen LogP contribution in [0.1, 0.15) is 49.6 Å². The van der Waals surface area contributed by atoms with Crippen LogP contribution in [0.15, 0.2) is 5.51 Å². The van der Waals surface area contributed by atoms with Crippen molar-refractivity contribution in [1.82, 2.24) is 4.98 Å². The number of aromatic nitrogens is 1. The highest BCUT2D eigenvalue weighted by atomic mass is 32.1. The van der Waals surface area contributed by atoms with E-state index in [1.165, 1.54) is 49.1 Å². The fourth-order valence-electron chi connectivity index (χ4n) is 3.13. The molecule has 1 aliphatic carbocycles. The van der Waals surface area contributed by atoms with Gasteiger partial charge in [0.25, 0.3) is 0 Å². The van der Waals surface area contributed by atoms with Crippen LogP contribution in [0.5, 0.6) is 0 Å². The second kappa shape index (κ2) is 5.49. The third-order valence-electron chi connectivity index (χ3n) is 4.54. The Morgan fingerprint density at radius 2 is 2.41 bits per heavy atom. The molecule has 0 bridgehead atoms. The van der Waals surface area contributed by atoms with E-state index in [2.05, 4.69) is 18.8 Å². The van der Waals surface area contributed by atoms with Crippen LogP contribution in [0.2, 0.25) is 0 Å². The molecule has 3 heteroatoms. The van der Waals surface area contributed by atoms with Crippen LogP contribution in [0.25, 0.3) is 0 Å². The van der Waals surface area contributed by atoms with Crippen molar-refractivity contribution < 1.29 is 0 Å². The Kier molecular flexibility index (Phi) is 4.21. The van der Waals surface area contributed by atoms with Crippen LogP contribution < -0.4 is 5.73 Å². The van der Waals surface area contributed by atoms with Gasteiger partial charge >= 0.3 is 0 Å². The van der Waals surface area contributed by atoms with Gasteiger partial charge in [0, 0.05) is 4.88 Å². The van der Waals surface area contributed by atoms with E-state index in [4.69, 9.17) is 5.73 Å². The Balaban J connectivity index is 1.94. The van der Waals surface area contributed by atoms with E-state index < -0.39 is 0 Å². The number of hydrogen-bond acceptors (Lipinski definition) is 3. The molecular weight excluding hydrogens is 228 g/mol. The Hall–Kier alpha value is -0.410. The molecule has 2 unspecified atom stereocenters. The second-order valence-electron chi connectivity index (χ2n) is 5.58. The van der Waals surface area contributed by atoms with Crippen molar-refractivity contribution in [3.63, 3.8) is 0 Å². The Bertz CT molecular complexity index is 361. The third kappa shape index (κ3) is 2.89. The average Bonchev–Trinajstić information content (AvgIpc) is 2.94. The maximum absolute atomic E-state index is 6.05. The predicted octanol–water partition coefficient (Wildman–Crippen LogP) is 3.54. The molecule has 0 aliphatic heterocycles. The fraction of sp³-hybridized carbons (Fsp3) is 0.786. The van der Waals surface area contributed by atoms with Crippen LogP contribution in [-0.4, -0.2) is 11.5 Å². The summed E-state index contributed by atoms with van der Waals surface area (Å²) in [5.74, 6) is 0.918. The standard InChI is InChI=1S/C14H24N2S/c1-3-12-4-6-14(8-12,9-15)7-5-13-11(2)16-10-17-13/h10,12H,3-9,15H2,1-2H3. The van der Waals surface area contributed by atoms with Gasteiger partial charge < -0.3 is 5.73 Å². The van der Waals surface area contributed by atoms with Crippen LogP contribution in [0.3, 0.4) is 0 Å². The molecule has 1 saturated carbocycles. The highest BCUT2D eigenvalue weighted by Crippen LogP contribution is 2.45. The molecule has 0 amide bonds. The third-order valence-corrected chi connectivity index (χ3v) is 5.54. The molecule has 0 radical (unpaired) electrons. The summed E-state index contributed by atoms with van der Waals surface area (Å²) in [6, 6.07) is 0. The van der Waals surface area contributed by atoms with Gasteiger partial charge in [0.05, 0.1) is 11.2 Å². The highest BCUT2D eigenvalue weighted by molar-refractivity contribution is 7.09. The van der Waals surface area contributed by atoms with Crippen LogP contribution in [0.4, 0.5) is 0 Å². The van der Waals surface area contributed by atoms with Gasteiger partial charge in [-0.25, -0.2) is 4.98 Å². The van der Waals surface area contributed by atoms with Gasteiger partial charge in [-0.15, -0.1) is 11.3 Å². The normalized spacial score (nSPS) is 28.8. The lowest BCUT2D eigenvalue weighted by molar-refractivity contribution is 0.270. The zero-order valence-electron chi connectivity index (χ0n) is 11.0. The Morgan fingerprint density at radius 1 is 1.59 bits per heavy atom. The minimum atomic E-state index is 0.428. The minimum Gasteiger partial charge on any atom is -0.330 e. The van der Waals surface area contributed by atoms with E-state index >= 15 is 0 Å². The first kappa shape index (κ1) is 13.0. The SMILES string of the molecule is CCC1CCC(CN)(CCc2scnc2C)C1. The maximum Gasteiger partial charge on any atom is 0.0797 e. The van der Waals surface area contributed by atoms with Gasteiger partial charge in [-0.1, -0.05) is 13.3 Å². The summed E-state index contributed by atoms with van der Waals surface area (Å²) in [5, 5.41) is 0. The molecule has 0 saturated heterocycles. The molecule has 2 nitrogen and oxygen atoms in total. The summed E-state index contributed by atoms with van der Waals surface area (Å²) in [6.45, 7) is 5.29. The molecular formula is C14H24N2S. The first-order chi connectivity index (χ1) is 8.19. The van der Waals surface area contributed by atoms with Crippen LogP contribution >= 0.6 is 11.3 Å². The fourth-order valence-corrected chi connectivity index (χ4v) is 3.92. The molecule has 1 aromatic heterocycles. The van der Waals surface area contributed by atoms with Crippen molar-refractivity contribution >= 4 is 11.3 Å². The number of aryl methyl sites for hydroxylation is 2. The van der Waals surface area contributed by atoms with Crippen LogP contribution in [0, 0.1) is 18.3 Å². The monoisotopic (exact) mass is 252 g/mol. The Morgan fingerprint density at radius 3 is 2.94 bits per heavy atom. The van der Waals surface area contributed by atoms with E-state index in [9.17, 15) is 0 Å². The van der Waals surface area contributed by atoms with Crippen molar-refractivity contribution in [2.24, 2.45) is 17.1 Å². The van der Waals surface area contributed by atoms with Gasteiger partial charge in [-0.2, -0.15) is 0 Å². The summed E-state index contributed by atoms with van der Waals surface area (Å²) < 4.78 is 0. The quantitative estimate of drug-likeness (QED) is 0.870. The van der Waals surface area contributed by atoms with Gasteiger partial charge in [0.2, 0.25) is 0 Å². The van der Waals surface area contributed by atoms with Crippen molar-refractivity contribution in [2.45, 2.75) is 52.4 Å². The van der Waals surface area contributed by atoms with Crippen LogP contribution in [-0.2, 0) is 6.42 Å². The van der Waals surface area contributed by atoms with E-state index in [0.29, 0.717) is 5.41 Å². The van der Waals surface area contributed by atoms with Crippen molar-refractivity contribution in [3.05, 3.63) is 16.1 Å². The summed E-state index contributed by atoms with van der Waals surface area (Å²) in [4.78, 5) is 5.79. The lowest BCUT2D eigenvalue weighted by atomic mass is 9.80. The van der Waals surface area contributed by atoms with E-state index in [-0.39, 0.29) is 0 Å². The first-order valence-corrected chi connectivity index (χ1v) is 7.66. The lowest BCUT2D eigenvalue weighted by Gasteiger charge is -2.27. The zero-order valence-corrected chi connectivity index (χ0v) is 11.9. The molecule has 96 valence electrons. The molecule has 2 N–H and O–H groups in total. The van der Waals surface area contributed by atoms with Gasteiger partial charge in [-0.05, 0) is 56.9 Å². The largest absolute Gasteiger partial charge is 0.330 e. The summed E-state index contributed by atoms with van der Waals surface area (Å²) in [6.07, 6.45) is 7.81. The number of nitrogens with zero attached hydrogens (tertiary/aromatic N) is 1. The summed E-state index contributed by atoms with van der Waals surface area (Å²) in [5.41, 5.74) is 9.66. The van der Waals surface area contributed by atoms with Crippen molar-refractivity contribution in [2.75, 3.05) is 6.54 Å². The smallest absolute Gasteiger partial charge is 0.0797 e. The lowest BCUT2D eigenvalue weighted by Crippen LogP contribution is -2.28. The predicted molar refractivity (Wildman–Crippen MR) is 74.3 cm³/mol. The zero-order chi connectivity index (χ0) is 12.3. The molecule has 0 aromatic carbocycles. The van der Waals surface area contributed by atoms with E-state index in [1.807, 2.05) is 5.51 Å². The van der Waals surface area contributed by atoms with Gasteiger partial charge in [-0.3, -0.25) is 0 Å². The molecule has 2 atom stereocenters. The molecule has 1 aromatic rings. The second-order valence-corrected chi connectivity index (χ2v) is 6.52. The molecule has 1 fully saturated rings. The number of hydrogen-bond donors (Lipinski definition) is 1. The first-order valence-electron chi connectivity index (χ1n) is 6.78. The van der Waals surface area contributed by atoms with E-state index in [1.54, 1.807) is 11.3 Å². The molecule has 17 heavy (non-hydrogen) atoms. The molecule has 0 spiro atoms. The maximum atomic E-state index is 6.05. The minimum absolute atomic E-state index is 0.428. The number of thiazole rings is 1. The number of rotatable bonds is 5. The summed E-state index contributed by atoms with van der Waals surface area (Å²) >= 11 is 1.80. The molecule has 2 rings (SSSR count). The van der Waals surface area contributed by atoms with Gasteiger partial charge in [0.15, 0.2) is 0 Å². The topological polar surface area (TPSA) is 38.9 Å². The van der Waals surface area contributed by atoms with Crippen molar-refractivity contribution in [1.29, 1.82) is 0 Å². The summed E-state index contributed by atoms with van der Waals surface area (Å²) in [7, 11) is 0. The van der Waals surface area contributed by atoms with Gasteiger partial charge in [0.1, 0.15) is 0 Å². The Labute approximate surface area is 109 Å². The molecule has 1 aliphatic rings. The van der Waals surface area contributed by atoms with Crippen molar-refractivity contribution in [3.8, 4) is 0 Å². The highest BCUT2D eigenvalue weighted by Gasteiger charge is 2.36. The number of nitrogens with two attached hydrogens (primary N) is 1. The van der Waals surface area contributed by atoms with E-state index in [0.717, 1.165) is 12.5 Å².